The van der Waals surface area contributed by atoms with Crippen LogP contribution in [0.3, 0.4) is 0 Å². The van der Waals surface area contributed by atoms with E-state index in [4.69, 9.17) is 4.74 Å². The van der Waals surface area contributed by atoms with Crippen molar-refractivity contribution in [2.75, 3.05) is 13.2 Å². The van der Waals surface area contributed by atoms with Crippen molar-refractivity contribution >= 4 is 11.9 Å². The first-order chi connectivity index (χ1) is 8.14. The molecule has 2 heterocycles. The van der Waals surface area contributed by atoms with Gasteiger partial charge in [-0.25, -0.2) is 4.79 Å². The van der Waals surface area contributed by atoms with Crippen LogP contribution in [0.2, 0.25) is 0 Å². The average molecular weight is 238 g/mol. The van der Waals surface area contributed by atoms with Crippen LogP contribution in [0, 0.1) is 0 Å². The molecule has 0 saturated carbocycles. The van der Waals surface area contributed by atoms with Gasteiger partial charge in [0.05, 0.1) is 0 Å². The zero-order valence-corrected chi connectivity index (χ0v) is 9.23. The number of hydrogen-bond donors (Lipinski definition) is 3. The van der Waals surface area contributed by atoms with Crippen molar-refractivity contribution < 1.29 is 19.4 Å². The highest BCUT2D eigenvalue weighted by atomic mass is 16.5. The molecule has 0 spiro atoms. The van der Waals surface area contributed by atoms with E-state index in [-0.39, 0.29) is 12.8 Å². The summed E-state index contributed by atoms with van der Waals surface area (Å²) in [7, 11) is 0. The van der Waals surface area contributed by atoms with Crippen LogP contribution in [0.5, 0.6) is 0 Å². The molecule has 0 radical (unpaired) electrons. The van der Waals surface area contributed by atoms with Gasteiger partial charge in [0.1, 0.15) is 11.2 Å². The lowest BCUT2D eigenvalue weighted by atomic mass is 9.90. The number of ether oxygens (including phenoxy) is 1. The minimum atomic E-state index is -1.21. The van der Waals surface area contributed by atoms with Crippen LogP contribution in [0.4, 0.5) is 0 Å². The predicted octanol–water partition coefficient (Wildman–Crippen LogP) is 0.378. The quantitative estimate of drug-likeness (QED) is 0.709. The number of hydrogen-bond acceptors (Lipinski definition) is 3. The Balaban J connectivity index is 2.13. The monoisotopic (exact) mass is 238 g/mol. The Morgan fingerprint density at radius 2 is 2.12 bits per heavy atom. The summed E-state index contributed by atoms with van der Waals surface area (Å²) in [5.41, 5.74) is -0.849. The number of H-pyrrole nitrogens is 1. The first kappa shape index (κ1) is 11.7. The van der Waals surface area contributed by atoms with Gasteiger partial charge in [0, 0.05) is 32.3 Å². The van der Waals surface area contributed by atoms with E-state index in [9.17, 15) is 14.7 Å². The topological polar surface area (TPSA) is 91.4 Å². The number of carboxylic acid groups (broad SMARTS) is 1. The lowest BCUT2D eigenvalue weighted by Crippen LogP contribution is -2.57. The van der Waals surface area contributed by atoms with Gasteiger partial charge in [0.25, 0.3) is 5.91 Å². The number of aromatic nitrogens is 1. The molecular weight excluding hydrogens is 224 g/mol. The molecule has 1 aromatic rings. The van der Waals surface area contributed by atoms with E-state index in [1.165, 1.54) is 0 Å². The molecule has 6 heteroatoms. The molecule has 17 heavy (non-hydrogen) atoms. The second kappa shape index (κ2) is 4.58. The summed E-state index contributed by atoms with van der Waals surface area (Å²) >= 11 is 0. The Labute approximate surface area is 98.0 Å². The van der Waals surface area contributed by atoms with Crippen molar-refractivity contribution in [3.8, 4) is 0 Å². The summed E-state index contributed by atoms with van der Waals surface area (Å²) in [6.45, 7) is 0.689. The molecule has 92 valence electrons. The maximum atomic E-state index is 11.8. The van der Waals surface area contributed by atoms with E-state index in [2.05, 4.69) is 10.3 Å². The second-order valence-electron chi connectivity index (χ2n) is 4.04. The van der Waals surface area contributed by atoms with Crippen molar-refractivity contribution in [1.29, 1.82) is 0 Å². The average Bonchev–Trinajstić information content (AvgIpc) is 2.83. The van der Waals surface area contributed by atoms with Crippen molar-refractivity contribution in [3.63, 3.8) is 0 Å². The van der Waals surface area contributed by atoms with Gasteiger partial charge in [-0.3, -0.25) is 4.79 Å². The molecule has 0 aromatic carbocycles. The van der Waals surface area contributed by atoms with Gasteiger partial charge in [-0.1, -0.05) is 0 Å². The predicted molar refractivity (Wildman–Crippen MR) is 58.7 cm³/mol. The Hall–Kier alpha value is -1.82. The fourth-order valence-corrected chi connectivity index (χ4v) is 1.87. The van der Waals surface area contributed by atoms with Gasteiger partial charge in [-0.15, -0.1) is 0 Å². The summed E-state index contributed by atoms with van der Waals surface area (Å²) < 4.78 is 5.12. The largest absolute Gasteiger partial charge is 0.480 e. The molecule has 1 aliphatic rings. The number of rotatable bonds is 3. The number of aliphatic carboxylic acids is 1. The Bertz CT molecular complexity index is 407. The van der Waals surface area contributed by atoms with Gasteiger partial charge in [0.15, 0.2) is 0 Å². The molecule has 2 rings (SSSR count). The van der Waals surface area contributed by atoms with E-state index in [0.29, 0.717) is 18.9 Å². The third-order valence-electron chi connectivity index (χ3n) is 2.95. The molecule has 1 saturated heterocycles. The normalized spacial score (nSPS) is 18.6. The number of carboxylic acids is 1. The maximum Gasteiger partial charge on any atom is 0.329 e. The Morgan fingerprint density at radius 3 is 2.65 bits per heavy atom. The molecule has 0 aliphatic carbocycles. The molecule has 1 fully saturated rings. The van der Waals surface area contributed by atoms with Crippen LogP contribution in [0.15, 0.2) is 18.3 Å². The highest BCUT2D eigenvalue weighted by molar-refractivity contribution is 5.96. The van der Waals surface area contributed by atoms with Gasteiger partial charge in [-0.05, 0) is 12.1 Å². The van der Waals surface area contributed by atoms with Crippen LogP contribution in [0.25, 0.3) is 0 Å². The number of carbonyl (C=O) groups is 2. The third kappa shape index (κ3) is 2.31. The molecule has 0 unspecified atom stereocenters. The lowest BCUT2D eigenvalue weighted by molar-refractivity contribution is -0.148. The first-order valence-electron chi connectivity index (χ1n) is 5.41. The lowest BCUT2D eigenvalue weighted by Gasteiger charge is -2.33. The van der Waals surface area contributed by atoms with Gasteiger partial charge in [-0.2, -0.15) is 0 Å². The first-order valence-corrected chi connectivity index (χ1v) is 5.41. The summed E-state index contributed by atoms with van der Waals surface area (Å²) in [6.07, 6.45) is 2.19. The van der Waals surface area contributed by atoms with E-state index in [1.54, 1.807) is 18.3 Å². The Kier molecular flexibility index (Phi) is 3.14. The van der Waals surface area contributed by atoms with Crippen LogP contribution < -0.4 is 5.32 Å². The fraction of sp³-hybridized carbons (Fsp3) is 0.455. The highest BCUT2D eigenvalue weighted by Gasteiger charge is 2.41. The standard InChI is InChI=1S/C11H14N2O4/c14-9(8-2-1-5-12-8)13-11(10(15)16)3-6-17-7-4-11/h1-2,5,12H,3-4,6-7H2,(H,13,14)(H,15,16). The summed E-state index contributed by atoms with van der Waals surface area (Å²) in [5, 5.41) is 11.8. The molecule has 1 aliphatic heterocycles. The van der Waals surface area contributed by atoms with Crippen LogP contribution >= 0.6 is 0 Å². The third-order valence-corrected chi connectivity index (χ3v) is 2.95. The molecule has 6 nitrogen and oxygen atoms in total. The number of carbonyl (C=O) groups excluding carboxylic acids is 1. The zero-order chi connectivity index (χ0) is 12.3. The Morgan fingerprint density at radius 1 is 1.41 bits per heavy atom. The number of nitrogens with one attached hydrogen (secondary N) is 2. The molecule has 0 atom stereocenters. The van der Waals surface area contributed by atoms with Crippen LogP contribution in [-0.2, 0) is 9.53 Å². The number of aromatic amines is 1. The van der Waals surface area contributed by atoms with Gasteiger partial charge in [0.2, 0.25) is 0 Å². The summed E-state index contributed by atoms with van der Waals surface area (Å²) in [5.74, 6) is -1.42. The van der Waals surface area contributed by atoms with Gasteiger partial charge < -0.3 is 20.1 Å². The van der Waals surface area contributed by atoms with E-state index < -0.39 is 17.4 Å². The highest BCUT2D eigenvalue weighted by Crippen LogP contribution is 2.21. The van der Waals surface area contributed by atoms with Crippen LogP contribution in [0.1, 0.15) is 23.3 Å². The van der Waals surface area contributed by atoms with Crippen molar-refractivity contribution in [2.24, 2.45) is 0 Å². The van der Waals surface area contributed by atoms with Crippen LogP contribution in [-0.4, -0.2) is 40.7 Å². The van der Waals surface area contributed by atoms with E-state index in [1.807, 2.05) is 0 Å². The number of amides is 1. The molecule has 0 bridgehead atoms. The SMILES string of the molecule is O=C(NC1(C(=O)O)CCOCC1)c1ccc[nH]1. The summed E-state index contributed by atoms with van der Waals surface area (Å²) in [6, 6.07) is 3.29. The molecule has 1 aromatic heterocycles. The maximum absolute atomic E-state index is 11.8. The van der Waals surface area contributed by atoms with E-state index in [0.717, 1.165) is 0 Å². The van der Waals surface area contributed by atoms with Crippen molar-refractivity contribution in [2.45, 2.75) is 18.4 Å². The minimum Gasteiger partial charge on any atom is -0.480 e. The molecular formula is C11H14N2O4. The van der Waals surface area contributed by atoms with Crippen molar-refractivity contribution in [3.05, 3.63) is 24.0 Å². The molecule has 3 N–H and O–H groups in total. The van der Waals surface area contributed by atoms with E-state index >= 15 is 0 Å². The van der Waals surface area contributed by atoms with Gasteiger partial charge >= 0.3 is 5.97 Å². The summed E-state index contributed by atoms with van der Waals surface area (Å²) in [4.78, 5) is 25.9. The minimum absolute atomic E-state index is 0.286. The smallest absolute Gasteiger partial charge is 0.329 e. The zero-order valence-electron chi connectivity index (χ0n) is 9.23. The van der Waals surface area contributed by atoms with Crippen molar-refractivity contribution in [1.82, 2.24) is 10.3 Å². The second-order valence-corrected chi connectivity index (χ2v) is 4.04. The molecule has 1 amide bonds. The fourth-order valence-electron chi connectivity index (χ4n) is 1.87.